The number of aryl methyl sites for hydroxylation is 1. The summed E-state index contributed by atoms with van der Waals surface area (Å²) in [6, 6.07) is 0. The van der Waals surface area contributed by atoms with E-state index < -0.39 is 5.92 Å². The number of hydroxylamine groups is 2. The molecule has 3 N–H and O–H groups in total. The SMILES string of the molecule is CCCCCC(CN(O)C=O)C(=O)NNc1nc(C)c(C)c(N2CCOCC2)n1. The Labute approximate surface area is 171 Å². The van der Waals surface area contributed by atoms with Gasteiger partial charge in [0.25, 0.3) is 0 Å². The third-order valence-electron chi connectivity index (χ3n) is 5.03. The summed E-state index contributed by atoms with van der Waals surface area (Å²) in [6.45, 7) is 8.68. The standard InChI is InChI=1S/C19H32N6O4/c1-4-5-6-7-16(12-25(28)13-26)18(27)22-23-19-20-15(3)14(2)17(21-19)24-8-10-29-11-9-24/h13,16,28H,4-12H2,1-3H3,(H,22,27)(H,20,21,23). The van der Waals surface area contributed by atoms with E-state index in [4.69, 9.17) is 4.74 Å². The van der Waals surface area contributed by atoms with Gasteiger partial charge in [-0.15, -0.1) is 0 Å². The van der Waals surface area contributed by atoms with Gasteiger partial charge >= 0.3 is 0 Å². The molecule has 29 heavy (non-hydrogen) atoms. The molecule has 1 aromatic rings. The van der Waals surface area contributed by atoms with Crippen LogP contribution < -0.4 is 15.8 Å². The van der Waals surface area contributed by atoms with Gasteiger partial charge in [-0.25, -0.2) is 10.0 Å². The van der Waals surface area contributed by atoms with Crippen molar-refractivity contribution in [2.45, 2.75) is 46.5 Å². The molecule has 0 aliphatic carbocycles. The molecular weight excluding hydrogens is 376 g/mol. The van der Waals surface area contributed by atoms with Crippen LogP contribution in [0.15, 0.2) is 0 Å². The highest BCUT2D eigenvalue weighted by Crippen LogP contribution is 2.22. The van der Waals surface area contributed by atoms with Crippen molar-refractivity contribution in [1.82, 2.24) is 20.5 Å². The quantitative estimate of drug-likeness (QED) is 0.218. The van der Waals surface area contributed by atoms with Crippen LogP contribution in [-0.2, 0) is 14.3 Å². The lowest BCUT2D eigenvalue weighted by molar-refractivity contribution is -0.154. The molecule has 1 unspecified atom stereocenters. The second kappa shape index (κ2) is 11.5. The van der Waals surface area contributed by atoms with Crippen LogP contribution in [0.1, 0.15) is 43.9 Å². The largest absolute Gasteiger partial charge is 0.378 e. The van der Waals surface area contributed by atoms with E-state index in [1.54, 1.807) is 0 Å². The van der Waals surface area contributed by atoms with Gasteiger partial charge in [-0.05, 0) is 20.3 Å². The maximum atomic E-state index is 12.6. The minimum atomic E-state index is -0.533. The van der Waals surface area contributed by atoms with Gasteiger partial charge in [0.1, 0.15) is 5.82 Å². The molecule has 0 bridgehead atoms. The van der Waals surface area contributed by atoms with E-state index in [0.29, 0.717) is 37.1 Å². The van der Waals surface area contributed by atoms with Crippen LogP contribution in [0.3, 0.4) is 0 Å². The molecule has 1 aliphatic heterocycles. The van der Waals surface area contributed by atoms with E-state index in [1.807, 2.05) is 13.8 Å². The van der Waals surface area contributed by atoms with Crippen LogP contribution in [-0.4, -0.2) is 65.4 Å². The number of nitrogens with zero attached hydrogens (tertiary/aromatic N) is 4. The summed E-state index contributed by atoms with van der Waals surface area (Å²) in [5.74, 6) is 0.261. The Morgan fingerprint density at radius 3 is 2.69 bits per heavy atom. The van der Waals surface area contributed by atoms with E-state index in [9.17, 15) is 14.8 Å². The van der Waals surface area contributed by atoms with E-state index in [1.165, 1.54) is 0 Å². The van der Waals surface area contributed by atoms with Crippen LogP contribution in [0, 0.1) is 19.8 Å². The Bertz CT molecular complexity index is 681. The molecule has 1 saturated heterocycles. The molecule has 2 amide bonds. The first kappa shape index (κ1) is 22.8. The van der Waals surface area contributed by atoms with Crippen molar-refractivity contribution in [3.63, 3.8) is 0 Å². The second-order valence-corrected chi connectivity index (χ2v) is 7.22. The Morgan fingerprint density at radius 2 is 2.03 bits per heavy atom. The number of morpholine rings is 1. The van der Waals surface area contributed by atoms with Crippen molar-refractivity contribution in [3.8, 4) is 0 Å². The molecule has 10 nitrogen and oxygen atoms in total. The lowest BCUT2D eigenvalue weighted by Crippen LogP contribution is -2.41. The maximum absolute atomic E-state index is 12.6. The van der Waals surface area contributed by atoms with Crippen LogP contribution >= 0.6 is 0 Å². The maximum Gasteiger partial charge on any atom is 0.244 e. The predicted molar refractivity (Wildman–Crippen MR) is 108 cm³/mol. The average molecular weight is 409 g/mol. The molecule has 10 heteroatoms. The van der Waals surface area contributed by atoms with Gasteiger partial charge in [0.2, 0.25) is 18.3 Å². The Morgan fingerprint density at radius 1 is 1.31 bits per heavy atom. The van der Waals surface area contributed by atoms with Crippen molar-refractivity contribution >= 4 is 24.1 Å². The van der Waals surface area contributed by atoms with Crippen molar-refractivity contribution in [1.29, 1.82) is 0 Å². The fraction of sp³-hybridized carbons (Fsp3) is 0.684. The van der Waals surface area contributed by atoms with E-state index >= 15 is 0 Å². The fourth-order valence-corrected chi connectivity index (χ4v) is 3.19. The Balaban J connectivity index is 2.04. The fourth-order valence-electron chi connectivity index (χ4n) is 3.19. The summed E-state index contributed by atoms with van der Waals surface area (Å²) >= 11 is 0. The summed E-state index contributed by atoms with van der Waals surface area (Å²) in [6.07, 6.45) is 3.70. The first-order valence-corrected chi connectivity index (χ1v) is 10.1. The molecular formula is C19H32N6O4. The van der Waals surface area contributed by atoms with Crippen LogP contribution in [0.2, 0.25) is 0 Å². The number of carbonyl (C=O) groups is 2. The highest BCUT2D eigenvalue weighted by atomic mass is 16.5. The van der Waals surface area contributed by atoms with Gasteiger partial charge in [-0.1, -0.05) is 26.2 Å². The second-order valence-electron chi connectivity index (χ2n) is 7.22. The zero-order chi connectivity index (χ0) is 21.2. The molecule has 0 radical (unpaired) electrons. The number of ether oxygens (including phenoxy) is 1. The minimum Gasteiger partial charge on any atom is -0.378 e. The number of hydrogen-bond acceptors (Lipinski definition) is 8. The van der Waals surface area contributed by atoms with E-state index in [-0.39, 0.29) is 12.5 Å². The highest BCUT2D eigenvalue weighted by molar-refractivity contribution is 5.80. The molecule has 0 spiro atoms. The summed E-state index contributed by atoms with van der Waals surface area (Å²) < 4.78 is 5.40. The van der Waals surface area contributed by atoms with Crippen LogP contribution in [0.5, 0.6) is 0 Å². The Hall–Kier alpha value is -2.46. The first-order valence-electron chi connectivity index (χ1n) is 10.1. The Kier molecular flexibility index (Phi) is 9.07. The van der Waals surface area contributed by atoms with Gasteiger partial charge in [0, 0.05) is 24.3 Å². The molecule has 1 aromatic heterocycles. The summed E-state index contributed by atoms with van der Waals surface area (Å²) in [4.78, 5) is 34.4. The molecule has 0 saturated carbocycles. The molecule has 162 valence electrons. The number of carbonyl (C=O) groups excluding carboxylic acids is 2. The summed E-state index contributed by atoms with van der Waals surface area (Å²) in [5, 5.41) is 9.99. The summed E-state index contributed by atoms with van der Waals surface area (Å²) in [7, 11) is 0. The van der Waals surface area contributed by atoms with Gasteiger partial charge in [0.15, 0.2) is 0 Å². The zero-order valence-electron chi connectivity index (χ0n) is 17.5. The smallest absolute Gasteiger partial charge is 0.244 e. The number of hydrogen-bond donors (Lipinski definition) is 3. The number of rotatable bonds is 11. The number of aromatic nitrogens is 2. The lowest BCUT2D eigenvalue weighted by Gasteiger charge is -2.29. The molecule has 2 rings (SSSR count). The highest BCUT2D eigenvalue weighted by Gasteiger charge is 2.22. The van der Waals surface area contributed by atoms with Gasteiger partial charge < -0.3 is 9.64 Å². The van der Waals surface area contributed by atoms with Gasteiger partial charge in [-0.2, -0.15) is 4.98 Å². The van der Waals surface area contributed by atoms with Crippen molar-refractivity contribution in [3.05, 3.63) is 11.3 Å². The van der Waals surface area contributed by atoms with Crippen molar-refractivity contribution in [2.24, 2.45) is 5.92 Å². The molecule has 1 aliphatic rings. The van der Waals surface area contributed by atoms with Crippen molar-refractivity contribution < 1.29 is 19.5 Å². The van der Waals surface area contributed by atoms with Gasteiger partial charge in [-0.3, -0.25) is 25.6 Å². The molecule has 1 fully saturated rings. The molecule has 2 heterocycles. The minimum absolute atomic E-state index is 0.0620. The van der Waals surface area contributed by atoms with Crippen molar-refractivity contribution in [2.75, 3.05) is 43.2 Å². The first-order chi connectivity index (χ1) is 14.0. The predicted octanol–water partition coefficient (Wildman–Crippen LogP) is 1.42. The van der Waals surface area contributed by atoms with Crippen LogP contribution in [0.4, 0.5) is 11.8 Å². The number of amides is 2. The number of unbranched alkanes of at least 4 members (excludes halogenated alkanes) is 2. The number of anilines is 2. The summed E-state index contributed by atoms with van der Waals surface area (Å²) in [5.41, 5.74) is 7.22. The zero-order valence-corrected chi connectivity index (χ0v) is 17.5. The molecule has 0 aromatic carbocycles. The number of hydrazine groups is 1. The monoisotopic (exact) mass is 408 g/mol. The van der Waals surface area contributed by atoms with Gasteiger partial charge in [0.05, 0.1) is 25.7 Å². The van der Waals surface area contributed by atoms with Crippen LogP contribution in [0.25, 0.3) is 0 Å². The van der Waals surface area contributed by atoms with E-state index in [2.05, 4.69) is 32.6 Å². The van der Waals surface area contributed by atoms with E-state index in [0.717, 1.165) is 49.4 Å². The lowest BCUT2D eigenvalue weighted by atomic mass is 10.0. The third kappa shape index (κ3) is 6.82. The molecule has 1 atom stereocenters. The number of nitrogens with one attached hydrogen (secondary N) is 2. The normalized spacial score (nSPS) is 15.0. The average Bonchev–Trinajstić information content (AvgIpc) is 2.74. The third-order valence-corrected chi connectivity index (χ3v) is 5.03. The topological polar surface area (TPSA) is 120 Å².